The van der Waals surface area contributed by atoms with Gasteiger partial charge in [0.1, 0.15) is 17.9 Å². The Morgan fingerprint density at radius 3 is 2.47 bits per heavy atom. The zero-order valence-electron chi connectivity index (χ0n) is 19.6. The number of non-ortho nitro benzene ring substituents is 2. The standard InChI is InChI=1S/C22H24N6O8/c1-22(20(34-2)35-3)19(29)18(16-10-15(28(32)33)7-8-17(16)36-22)26(12-23)21(24)25-11-13-5-4-6-14(9-13)27(30)31/h4-10,18-20,29H,11H2,1-3H3,(H2,24,25). The number of methoxy groups -OCH3 is 2. The number of benzene rings is 2. The number of aliphatic imine (C=N–C) groups is 1. The van der Waals surface area contributed by atoms with Gasteiger partial charge in [-0.05, 0) is 18.6 Å². The van der Waals surface area contributed by atoms with Crippen LogP contribution < -0.4 is 10.5 Å². The average Bonchev–Trinajstić information content (AvgIpc) is 2.86. The molecule has 190 valence electrons. The van der Waals surface area contributed by atoms with Gasteiger partial charge in [0.15, 0.2) is 18.1 Å². The number of rotatable bonds is 8. The highest BCUT2D eigenvalue weighted by Crippen LogP contribution is 2.46. The summed E-state index contributed by atoms with van der Waals surface area (Å²) in [5.74, 6) is -0.189. The fraction of sp³-hybridized carbons (Fsp3) is 0.364. The van der Waals surface area contributed by atoms with Crippen LogP contribution in [0.1, 0.15) is 24.1 Å². The maximum absolute atomic E-state index is 11.4. The van der Waals surface area contributed by atoms with Crippen molar-refractivity contribution in [3.05, 3.63) is 73.8 Å². The van der Waals surface area contributed by atoms with Crippen LogP contribution in [-0.2, 0) is 16.0 Å². The third kappa shape index (κ3) is 4.89. The number of nitro groups is 2. The van der Waals surface area contributed by atoms with Crippen LogP contribution in [0.4, 0.5) is 11.4 Å². The molecule has 3 unspecified atom stereocenters. The summed E-state index contributed by atoms with van der Waals surface area (Å²) in [4.78, 5) is 26.3. The van der Waals surface area contributed by atoms with E-state index in [9.17, 15) is 30.6 Å². The zero-order valence-corrected chi connectivity index (χ0v) is 19.6. The minimum Gasteiger partial charge on any atom is -0.479 e. The summed E-state index contributed by atoms with van der Waals surface area (Å²) in [7, 11) is 2.68. The first-order valence-corrected chi connectivity index (χ1v) is 10.5. The Labute approximate surface area is 205 Å². The third-order valence-corrected chi connectivity index (χ3v) is 5.81. The summed E-state index contributed by atoms with van der Waals surface area (Å²) in [5.41, 5.74) is 4.70. The molecule has 0 radical (unpaired) electrons. The first kappa shape index (κ1) is 26.3. The quantitative estimate of drug-likeness (QED) is 0.102. The van der Waals surface area contributed by atoms with E-state index in [0.29, 0.717) is 5.56 Å². The van der Waals surface area contributed by atoms with Gasteiger partial charge in [-0.3, -0.25) is 20.2 Å². The van der Waals surface area contributed by atoms with Crippen LogP contribution in [0.25, 0.3) is 0 Å². The molecule has 0 fully saturated rings. The van der Waals surface area contributed by atoms with E-state index < -0.39 is 33.9 Å². The second-order valence-corrected chi connectivity index (χ2v) is 8.03. The molecule has 3 rings (SSSR count). The van der Waals surface area contributed by atoms with Gasteiger partial charge in [0, 0.05) is 44.0 Å². The lowest BCUT2D eigenvalue weighted by molar-refractivity contribution is -0.385. The van der Waals surface area contributed by atoms with Gasteiger partial charge in [-0.1, -0.05) is 12.1 Å². The van der Waals surface area contributed by atoms with Gasteiger partial charge in [0.25, 0.3) is 11.4 Å². The fourth-order valence-electron chi connectivity index (χ4n) is 4.06. The smallest absolute Gasteiger partial charge is 0.270 e. The van der Waals surface area contributed by atoms with Gasteiger partial charge >= 0.3 is 0 Å². The van der Waals surface area contributed by atoms with Crippen molar-refractivity contribution < 1.29 is 29.2 Å². The zero-order chi connectivity index (χ0) is 26.6. The largest absolute Gasteiger partial charge is 0.479 e. The molecule has 0 amide bonds. The van der Waals surface area contributed by atoms with E-state index in [2.05, 4.69) is 4.99 Å². The van der Waals surface area contributed by atoms with E-state index in [1.54, 1.807) is 6.07 Å². The summed E-state index contributed by atoms with van der Waals surface area (Å²) in [6, 6.07) is 8.19. The second-order valence-electron chi connectivity index (χ2n) is 8.03. The van der Waals surface area contributed by atoms with E-state index in [-0.39, 0.29) is 35.2 Å². The van der Waals surface area contributed by atoms with Crippen molar-refractivity contribution in [3.8, 4) is 11.9 Å². The molecule has 1 heterocycles. The highest BCUT2D eigenvalue weighted by atomic mass is 16.7. The molecule has 0 aliphatic carbocycles. The molecule has 3 N–H and O–H groups in total. The Balaban J connectivity index is 2.07. The lowest BCUT2D eigenvalue weighted by atomic mass is 9.83. The lowest BCUT2D eigenvalue weighted by Crippen LogP contribution is -2.62. The lowest BCUT2D eigenvalue weighted by Gasteiger charge is -2.47. The highest BCUT2D eigenvalue weighted by molar-refractivity contribution is 5.80. The van der Waals surface area contributed by atoms with E-state index in [0.717, 1.165) is 4.90 Å². The average molecular weight is 500 g/mol. The second kappa shape index (κ2) is 10.5. The fourth-order valence-corrected chi connectivity index (χ4v) is 4.06. The number of aliphatic hydroxyl groups excluding tert-OH is 1. The number of nitrogens with zero attached hydrogens (tertiary/aromatic N) is 5. The summed E-state index contributed by atoms with van der Waals surface area (Å²) in [6.07, 6.45) is -0.762. The van der Waals surface area contributed by atoms with Crippen molar-refractivity contribution in [2.45, 2.75) is 37.5 Å². The van der Waals surface area contributed by atoms with Crippen LogP contribution in [0.2, 0.25) is 0 Å². The number of hydrogen-bond donors (Lipinski definition) is 2. The maximum atomic E-state index is 11.4. The molecule has 2 aromatic rings. The summed E-state index contributed by atoms with van der Waals surface area (Å²) < 4.78 is 16.6. The van der Waals surface area contributed by atoms with Crippen LogP contribution in [0.3, 0.4) is 0 Å². The highest BCUT2D eigenvalue weighted by Gasteiger charge is 2.54. The number of ether oxygens (including phenoxy) is 3. The Bertz CT molecular complexity index is 1230. The molecule has 0 saturated carbocycles. The molecule has 0 bridgehead atoms. The van der Waals surface area contributed by atoms with Crippen molar-refractivity contribution >= 4 is 17.3 Å². The van der Waals surface area contributed by atoms with Crippen LogP contribution >= 0.6 is 0 Å². The summed E-state index contributed by atoms with van der Waals surface area (Å²) in [5, 5.41) is 43.8. The monoisotopic (exact) mass is 500 g/mol. The SMILES string of the molecule is COC(OC)C1(C)Oc2ccc([N+](=O)[O-])cc2C(N(C#N)C(N)=NCc2cccc([N+](=O)[O-])c2)C1O. The summed E-state index contributed by atoms with van der Waals surface area (Å²) >= 11 is 0. The van der Waals surface area contributed by atoms with Gasteiger partial charge in [-0.15, -0.1) is 0 Å². The van der Waals surface area contributed by atoms with Crippen LogP contribution in [-0.4, -0.2) is 58.0 Å². The van der Waals surface area contributed by atoms with Crippen LogP contribution in [0.5, 0.6) is 5.75 Å². The molecule has 1 aliphatic rings. The number of hydrogen-bond acceptors (Lipinski definition) is 10. The minimum absolute atomic E-state index is 0.108. The Hall–Kier alpha value is -4.32. The van der Waals surface area contributed by atoms with E-state index >= 15 is 0 Å². The molecule has 0 aromatic heterocycles. The molecule has 0 spiro atoms. The van der Waals surface area contributed by atoms with E-state index in [1.807, 2.05) is 6.19 Å². The van der Waals surface area contributed by atoms with Crippen molar-refractivity contribution in [2.75, 3.05) is 14.2 Å². The number of nitrogens with two attached hydrogens (primary N) is 1. The van der Waals surface area contributed by atoms with E-state index in [1.165, 1.54) is 57.5 Å². The molecule has 14 heteroatoms. The predicted octanol–water partition coefficient (Wildman–Crippen LogP) is 1.97. The molecule has 14 nitrogen and oxygen atoms in total. The summed E-state index contributed by atoms with van der Waals surface area (Å²) in [6.45, 7) is 1.39. The number of aliphatic hydroxyl groups is 1. The Morgan fingerprint density at radius 1 is 1.25 bits per heavy atom. The number of fused-ring (bicyclic) bond motifs is 1. The van der Waals surface area contributed by atoms with Crippen molar-refractivity contribution in [3.63, 3.8) is 0 Å². The molecule has 2 aromatic carbocycles. The normalized spacial score (nSPS) is 21.3. The van der Waals surface area contributed by atoms with Gasteiger partial charge < -0.3 is 25.1 Å². The Kier molecular flexibility index (Phi) is 7.68. The van der Waals surface area contributed by atoms with Gasteiger partial charge in [0.2, 0.25) is 5.96 Å². The van der Waals surface area contributed by atoms with Crippen LogP contribution in [0.15, 0.2) is 47.5 Å². The molecule has 0 saturated heterocycles. The third-order valence-electron chi connectivity index (χ3n) is 5.81. The van der Waals surface area contributed by atoms with Crippen molar-refractivity contribution in [1.82, 2.24) is 4.90 Å². The molecule has 3 atom stereocenters. The van der Waals surface area contributed by atoms with Crippen molar-refractivity contribution in [1.29, 1.82) is 5.26 Å². The first-order chi connectivity index (χ1) is 17.1. The van der Waals surface area contributed by atoms with Gasteiger partial charge in [0.05, 0.1) is 16.4 Å². The minimum atomic E-state index is -1.56. The molecular weight excluding hydrogens is 476 g/mol. The van der Waals surface area contributed by atoms with E-state index in [4.69, 9.17) is 19.9 Å². The number of guanidine groups is 1. The van der Waals surface area contributed by atoms with Crippen LogP contribution in [0, 0.1) is 31.7 Å². The number of nitro benzene ring substituents is 2. The van der Waals surface area contributed by atoms with Gasteiger partial charge in [-0.2, -0.15) is 5.26 Å². The molecule has 36 heavy (non-hydrogen) atoms. The predicted molar refractivity (Wildman–Crippen MR) is 125 cm³/mol. The number of nitriles is 1. The first-order valence-electron chi connectivity index (χ1n) is 10.5. The topological polar surface area (TPSA) is 200 Å². The molecule has 1 aliphatic heterocycles. The van der Waals surface area contributed by atoms with Gasteiger partial charge in [-0.25, -0.2) is 9.89 Å². The Morgan fingerprint density at radius 2 is 1.89 bits per heavy atom. The van der Waals surface area contributed by atoms with Crippen molar-refractivity contribution in [2.24, 2.45) is 10.7 Å². The maximum Gasteiger partial charge on any atom is 0.270 e. The molecular formula is C22H24N6O8.